The summed E-state index contributed by atoms with van der Waals surface area (Å²) in [5.41, 5.74) is 1.36. The van der Waals surface area contributed by atoms with Gasteiger partial charge in [-0.05, 0) is 31.4 Å². The Morgan fingerprint density at radius 3 is 2.79 bits per heavy atom. The maximum Gasteiger partial charge on any atom is 0.129 e. The van der Waals surface area contributed by atoms with Crippen LogP contribution in [-0.2, 0) is 6.42 Å². The first-order chi connectivity index (χ1) is 9.38. The second-order valence-corrected chi connectivity index (χ2v) is 4.34. The van der Waals surface area contributed by atoms with Crippen molar-refractivity contribution in [3.63, 3.8) is 0 Å². The second kappa shape index (κ2) is 7.41. The van der Waals surface area contributed by atoms with Crippen molar-refractivity contribution < 1.29 is 4.74 Å². The molecule has 1 N–H and O–H groups in total. The van der Waals surface area contributed by atoms with Crippen molar-refractivity contribution in [1.29, 1.82) is 0 Å². The third kappa shape index (κ3) is 4.62. The highest BCUT2D eigenvalue weighted by molar-refractivity contribution is 5.40. The quantitative estimate of drug-likeness (QED) is 0.770. The molecule has 0 aliphatic carbocycles. The minimum absolute atomic E-state index is 0.727. The molecule has 0 fully saturated rings. The fourth-order valence-corrected chi connectivity index (χ4v) is 1.89. The topological polar surface area (TPSA) is 34.1 Å². The van der Waals surface area contributed by atoms with Gasteiger partial charge in [0.25, 0.3) is 0 Å². The number of nitrogens with zero attached hydrogens (tertiary/aromatic N) is 1. The van der Waals surface area contributed by atoms with Crippen LogP contribution in [0.5, 0.6) is 5.75 Å². The van der Waals surface area contributed by atoms with Gasteiger partial charge in [-0.1, -0.05) is 30.3 Å². The van der Waals surface area contributed by atoms with Gasteiger partial charge in [0.05, 0.1) is 6.61 Å². The number of aromatic nitrogens is 1. The monoisotopic (exact) mass is 256 g/mol. The van der Waals surface area contributed by atoms with Gasteiger partial charge in [-0.15, -0.1) is 0 Å². The van der Waals surface area contributed by atoms with Crippen LogP contribution in [-0.4, -0.2) is 18.1 Å². The molecule has 2 aromatic rings. The summed E-state index contributed by atoms with van der Waals surface area (Å²) >= 11 is 0. The number of nitrogens with one attached hydrogen (secondary N) is 1. The first kappa shape index (κ1) is 13.4. The zero-order chi connectivity index (χ0) is 13.3. The highest BCUT2D eigenvalue weighted by Gasteiger charge is 1.98. The van der Waals surface area contributed by atoms with E-state index in [4.69, 9.17) is 4.74 Å². The van der Waals surface area contributed by atoms with E-state index in [1.54, 1.807) is 6.20 Å². The summed E-state index contributed by atoms with van der Waals surface area (Å²) in [6.45, 7) is 3.64. The lowest BCUT2D eigenvalue weighted by Crippen LogP contribution is -2.02. The fourth-order valence-electron chi connectivity index (χ4n) is 1.89. The number of pyridine rings is 1. The lowest BCUT2D eigenvalue weighted by molar-refractivity contribution is 0.311. The van der Waals surface area contributed by atoms with E-state index in [0.717, 1.165) is 37.6 Å². The first-order valence-electron chi connectivity index (χ1n) is 6.75. The Morgan fingerprint density at radius 2 is 2.00 bits per heavy atom. The molecule has 0 saturated carbocycles. The molecule has 1 heterocycles. The van der Waals surface area contributed by atoms with Gasteiger partial charge in [0, 0.05) is 18.8 Å². The van der Waals surface area contributed by atoms with Gasteiger partial charge in [0.1, 0.15) is 11.6 Å². The average Bonchev–Trinajstić information content (AvgIpc) is 2.46. The highest BCUT2D eigenvalue weighted by Crippen LogP contribution is 2.14. The van der Waals surface area contributed by atoms with Gasteiger partial charge in [-0.25, -0.2) is 4.98 Å². The number of benzene rings is 1. The molecular formula is C16H20N2O. The largest absolute Gasteiger partial charge is 0.493 e. The molecule has 0 amide bonds. The van der Waals surface area contributed by atoms with Crippen LogP contribution in [0.25, 0.3) is 0 Å². The van der Waals surface area contributed by atoms with E-state index in [9.17, 15) is 0 Å². The lowest BCUT2D eigenvalue weighted by atomic mass is 10.1. The van der Waals surface area contributed by atoms with Crippen LogP contribution >= 0.6 is 0 Å². The Morgan fingerprint density at radius 1 is 1.16 bits per heavy atom. The Bertz CT molecular complexity index is 485. The second-order valence-electron chi connectivity index (χ2n) is 4.34. The molecule has 100 valence electrons. The molecule has 0 saturated heterocycles. The summed E-state index contributed by atoms with van der Waals surface area (Å²) < 4.78 is 5.73. The van der Waals surface area contributed by atoms with Gasteiger partial charge in [0.15, 0.2) is 0 Å². The molecule has 0 spiro atoms. The van der Waals surface area contributed by atoms with E-state index >= 15 is 0 Å². The molecule has 19 heavy (non-hydrogen) atoms. The first-order valence-corrected chi connectivity index (χ1v) is 6.75. The van der Waals surface area contributed by atoms with E-state index in [-0.39, 0.29) is 0 Å². The minimum atomic E-state index is 0.727. The molecule has 1 aromatic carbocycles. The molecule has 3 heteroatoms. The Labute approximate surface area is 114 Å². The van der Waals surface area contributed by atoms with Crippen LogP contribution in [0.4, 0.5) is 5.82 Å². The van der Waals surface area contributed by atoms with Crippen molar-refractivity contribution in [2.75, 3.05) is 18.5 Å². The van der Waals surface area contributed by atoms with Crippen LogP contribution in [0, 0.1) is 0 Å². The zero-order valence-corrected chi connectivity index (χ0v) is 11.3. The van der Waals surface area contributed by atoms with Crippen LogP contribution in [0.15, 0.2) is 48.7 Å². The highest BCUT2D eigenvalue weighted by atomic mass is 16.5. The summed E-state index contributed by atoms with van der Waals surface area (Å²) in [6, 6.07) is 14.3. The molecule has 0 radical (unpaired) electrons. The van der Waals surface area contributed by atoms with E-state index in [1.165, 1.54) is 5.56 Å². The van der Waals surface area contributed by atoms with Crippen LogP contribution in [0.2, 0.25) is 0 Å². The summed E-state index contributed by atoms with van der Waals surface area (Å²) in [5, 5.41) is 3.17. The molecule has 0 atom stereocenters. The Balaban J connectivity index is 1.75. The van der Waals surface area contributed by atoms with E-state index in [2.05, 4.69) is 41.5 Å². The van der Waals surface area contributed by atoms with Crippen LogP contribution in [0.3, 0.4) is 0 Å². The molecule has 1 aromatic heterocycles. The normalized spacial score (nSPS) is 10.2. The van der Waals surface area contributed by atoms with Crippen molar-refractivity contribution in [3.05, 3.63) is 54.2 Å². The predicted octanol–water partition coefficient (Wildman–Crippen LogP) is 3.53. The maximum absolute atomic E-state index is 5.73. The number of anilines is 1. The van der Waals surface area contributed by atoms with Gasteiger partial charge in [-0.3, -0.25) is 0 Å². The number of ether oxygens (including phenoxy) is 1. The number of aryl methyl sites for hydroxylation is 1. The average molecular weight is 256 g/mol. The van der Waals surface area contributed by atoms with Gasteiger partial charge in [-0.2, -0.15) is 0 Å². The van der Waals surface area contributed by atoms with Crippen molar-refractivity contribution in [3.8, 4) is 5.75 Å². The standard InChI is InChI=1S/C16H20N2O/c1-2-17-16-13-15(10-11-18-16)19-12-6-9-14-7-4-3-5-8-14/h3-5,7-8,10-11,13H,2,6,9,12H2,1H3,(H,17,18). The molecule has 2 rings (SSSR count). The van der Waals surface area contributed by atoms with Crippen LogP contribution < -0.4 is 10.1 Å². The third-order valence-electron chi connectivity index (χ3n) is 2.81. The maximum atomic E-state index is 5.73. The van der Waals surface area contributed by atoms with Crippen molar-refractivity contribution in [1.82, 2.24) is 4.98 Å². The molecule has 0 unspecified atom stereocenters. The van der Waals surface area contributed by atoms with E-state index < -0.39 is 0 Å². The lowest BCUT2D eigenvalue weighted by Gasteiger charge is -2.08. The predicted molar refractivity (Wildman–Crippen MR) is 78.7 cm³/mol. The summed E-state index contributed by atoms with van der Waals surface area (Å²) in [7, 11) is 0. The van der Waals surface area contributed by atoms with Crippen LogP contribution in [0.1, 0.15) is 18.9 Å². The van der Waals surface area contributed by atoms with E-state index in [0.29, 0.717) is 0 Å². The summed E-state index contributed by atoms with van der Waals surface area (Å²) in [4.78, 5) is 4.21. The van der Waals surface area contributed by atoms with Crippen molar-refractivity contribution >= 4 is 5.82 Å². The number of hydrogen-bond acceptors (Lipinski definition) is 3. The summed E-state index contributed by atoms with van der Waals surface area (Å²) in [5.74, 6) is 1.74. The molecule has 0 bridgehead atoms. The minimum Gasteiger partial charge on any atom is -0.493 e. The third-order valence-corrected chi connectivity index (χ3v) is 2.81. The SMILES string of the molecule is CCNc1cc(OCCCc2ccccc2)ccn1. The molecule has 0 aliphatic rings. The Hall–Kier alpha value is -2.03. The van der Waals surface area contributed by atoms with Gasteiger partial charge < -0.3 is 10.1 Å². The molecular weight excluding hydrogens is 236 g/mol. The number of rotatable bonds is 7. The van der Waals surface area contributed by atoms with Crippen molar-refractivity contribution in [2.45, 2.75) is 19.8 Å². The summed E-state index contributed by atoms with van der Waals surface area (Å²) in [6.07, 6.45) is 3.83. The smallest absolute Gasteiger partial charge is 0.129 e. The molecule has 0 aliphatic heterocycles. The molecule has 3 nitrogen and oxygen atoms in total. The van der Waals surface area contributed by atoms with Crippen molar-refractivity contribution in [2.24, 2.45) is 0 Å². The Kier molecular flexibility index (Phi) is 5.23. The number of hydrogen-bond donors (Lipinski definition) is 1. The van der Waals surface area contributed by atoms with Gasteiger partial charge in [0.2, 0.25) is 0 Å². The zero-order valence-electron chi connectivity index (χ0n) is 11.3. The van der Waals surface area contributed by atoms with Gasteiger partial charge >= 0.3 is 0 Å². The fraction of sp³-hybridized carbons (Fsp3) is 0.312. The van der Waals surface area contributed by atoms with E-state index in [1.807, 2.05) is 18.2 Å².